The summed E-state index contributed by atoms with van der Waals surface area (Å²) in [7, 11) is 1.62. The summed E-state index contributed by atoms with van der Waals surface area (Å²) >= 11 is 6.78. The molecular formula is C26H32N4O2S2. The van der Waals surface area contributed by atoms with Crippen LogP contribution in [0.15, 0.2) is 53.9 Å². The van der Waals surface area contributed by atoms with Crippen molar-refractivity contribution in [2.45, 2.75) is 39.0 Å². The number of benzene rings is 2. The van der Waals surface area contributed by atoms with Crippen LogP contribution >= 0.6 is 23.6 Å². The average Bonchev–Trinajstić information content (AvgIpc) is 3.33. The summed E-state index contributed by atoms with van der Waals surface area (Å²) in [5.74, 6) is 0.0782. The van der Waals surface area contributed by atoms with E-state index in [9.17, 15) is 4.79 Å². The molecule has 0 fully saturated rings. The maximum atomic E-state index is 13.0. The first-order valence-corrected chi connectivity index (χ1v) is 12.7. The standard InChI is InChI=1S/C26H32N4O2S2/c1-4-7-20(14-15-27-26(33)28-17-32-3)25-30-23(16-34-25)24(31)29-22-9-6-5-8-21(22)19-12-10-18(2)11-13-19/h5-6,8-13,16,20H,4,7,14-15,17H2,1-3H3,(H,29,31)(H2,27,28,33). The largest absolute Gasteiger partial charge is 0.365 e. The normalized spacial score (nSPS) is 11.6. The maximum absolute atomic E-state index is 13.0. The van der Waals surface area contributed by atoms with Crippen LogP contribution in [-0.4, -0.2) is 36.4 Å². The lowest BCUT2D eigenvalue weighted by Crippen LogP contribution is -2.37. The molecule has 180 valence electrons. The van der Waals surface area contributed by atoms with Gasteiger partial charge in [0, 0.05) is 36.2 Å². The molecule has 3 rings (SSSR count). The van der Waals surface area contributed by atoms with Crippen molar-refractivity contribution in [3.63, 3.8) is 0 Å². The van der Waals surface area contributed by atoms with E-state index in [0.717, 1.165) is 47.6 Å². The minimum absolute atomic E-state index is 0.194. The number of aromatic nitrogens is 1. The van der Waals surface area contributed by atoms with E-state index in [1.54, 1.807) is 18.4 Å². The van der Waals surface area contributed by atoms with Gasteiger partial charge >= 0.3 is 0 Å². The molecule has 3 N–H and O–H groups in total. The van der Waals surface area contributed by atoms with Gasteiger partial charge in [-0.25, -0.2) is 4.98 Å². The van der Waals surface area contributed by atoms with E-state index in [-0.39, 0.29) is 11.8 Å². The van der Waals surface area contributed by atoms with Crippen LogP contribution in [0.5, 0.6) is 0 Å². The smallest absolute Gasteiger partial charge is 0.275 e. The van der Waals surface area contributed by atoms with Crippen LogP contribution < -0.4 is 16.0 Å². The topological polar surface area (TPSA) is 75.3 Å². The number of thiazole rings is 1. The van der Waals surface area contributed by atoms with Crippen molar-refractivity contribution >= 4 is 40.3 Å². The Kier molecular flexibility index (Phi) is 10.00. The molecule has 1 unspecified atom stereocenters. The molecule has 0 aliphatic carbocycles. The first-order chi connectivity index (χ1) is 16.5. The van der Waals surface area contributed by atoms with Gasteiger partial charge in [-0.15, -0.1) is 11.3 Å². The summed E-state index contributed by atoms with van der Waals surface area (Å²) in [6, 6.07) is 16.1. The lowest BCUT2D eigenvalue weighted by atomic mass is 10.0. The summed E-state index contributed by atoms with van der Waals surface area (Å²) in [4.78, 5) is 17.7. The molecule has 1 atom stereocenters. The van der Waals surface area contributed by atoms with E-state index in [1.165, 1.54) is 5.56 Å². The first kappa shape index (κ1) is 25.8. The molecule has 1 amide bonds. The highest BCUT2D eigenvalue weighted by Gasteiger charge is 2.19. The highest BCUT2D eigenvalue weighted by atomic mass is 32.1. The Morgan fingerprint density at radius 2 is 1.88 bits per heavy atom. The Morgan fingerprint density at radius 3 is 2.62 bits per heavy atom. The SMILES string of the molecule is CCCC(CCNC(=S)NCOC)c1nc(C(=O)Nc2ccccc2-c2ccc(C)cc2)cs1. The number of para-hydroxylation sites is 1. The van der Waals surface area contributed by atoms with Gasteiger partial charge in [-0.3, -0.25) is 4.79 Å². The number of carbonyl (C=O) groups is 1. The molecule has 0 aliphatic rings. The van der Waals surface area contributed by atoms with Crippen molar-refractivity contribution < 1.29 is 9.53 Å². The molecule has 1 heterocycles. The summed E-state index contributed by atoms with van der Waals surface area (Å²) in [5, 5.41) is 12.6. The lowest BCUT2D eigenvalue weighted by molar-refractivity contribution is 0.102. The van der Waals surface area contributed by atoms with Crippen LogP contribution in [-0.2, 0) is 4.74 Å². The van der Waals surface area contributed by atoms with Gasteiger partial charge in [0.2, 0.25) is 0 Å². The first-order valence-electron chi connectivity index (χ1n) is 11.4. The Hall–Kier alpha value is -2.81. The van der Waals surface area contributed by atoms with Gasteiger partial charge in [0.25, 0.3) is 5.91 Å². The molecule has 1 aromatic heterocycles. The fourth-order valence-electron chi connectivity index (χ4n) is 3.64. The van der Waals surface area contributed by atoms with Crippen LogP contribution in [0.4, 0.5) is 5.69 Å². The second-order valence-electron chi connectivity index (χ2n) is 8.08. The third-order valence-electron chi connectivity index (χ3n) is 5.43. The molecule has 0 aliphatic heterocycles. The minimum Gasteiger partial charge on any atom is -0.365 e. The Morgan fingerprint density at radius 1 is 1.12 bits per heavy atom. The summed E-state index contributed by atoms with van der Waals surface area (Å²) in [6.07, 6.45) is 2.93. The van der Waals surface area contributed by atoms with Crippen LogP contribution in [0.2, 0.25) is 0 Å². The number of ether oxygens (including phenoxy) is 1. The minimum atomic E-state index is -0.194. The van der Waals surface area contributed by atoms with Crippen LogP contribution in [0, 0.1) is 6.92 Å². The van der Waals surface area contributed by atoms with Crippen molar-refractivity contribution in [2.24, 2.45) is 0 Å². The number of carbonyl (C=O) groups excluding carboxylic acids is 1. The number of rotatable bonds is 11. The van der Waals surface area contributed by atoms with Gasteiger partial charge in [0.05, 0.1) is 5.01 Å². The maximum Gasteiger partial charge on any atom is 0.275 e. The van der Waals surface area contributed by atoms with Crippen molar-refractivity contribution in [3.05, 3.63) is 70.2 Å². The number of thiocarbonyl (C=S) groups is 1. The van der Waals surface area contributed by atoms with Gasteiger partial charge in [-0.1, -0.05) is 61.4 Å². The predicted molar refractivity (Wildman–Crippen MR) is 145 cm³/mol. The molecule has 0 saturated heterocycles. The zero-order valence-corrected chi connectivity index (χ0v) is 21.5. The third kappa shape index (κ3) is 7.35. The molecule has 34 heavy (non-hydrogen) atoms. The fourth-order valence-corrected chi connectivity index (χ4v) is 4.77. The number of hydrogen-bond donors (Lipinski definition) is 3. The molecule has 2 aromatic carbocycles. The number of aryl methyl sites for hydroxylation is 1. The highest BCUT2D eigenvalue weighted by molar-refractivity contribution is 7.80. The fraction of sp³-hybridized carbons (Fsp3) is 0.346. The van der Waals surface area contributed by atoms with Gasteiger partial charge in [-0.2, -0.15) is 0 Å². The van der Waals surface area contributed by atoms with Crippen LogP contribution in [0.25, 0.3) is 11.1 Å². The summed E-state index contributed by atoms with van der Waals surface area (Å²) in [5.41, 5.74) is 4.47. The van der Waals surface area contributed by atoms with Gasteiger partial charge in [0.1, 0.15) is 12.4 Å². The van der Waals surface area contributed by atoms with E-state index in [0.29, 0.717) is 17.5 Å². The molecule has 3 aromatic rings. The number of nitrogens with zero attached hydrogens (tertiary/aromatic N) is 1. The predicted octanol–water partition coefficient (Wildman–Crippen LogP) is 5.71. The number of hydrogen-bond acceptors (Lipinski definition) is 5. The van der Waals surface area contributed by atoms with Crippen molar-refractivity contribution in [3.8, 4) is 11.1 Å². The van der Waals surface area contributed by atoms with Gasteiger partial charge in [-0.05, 0) is 43.6 Å². The molecule has 8 heteroatoms. The molecule has 6 nitrogen and oxygen atoms in total. The van der Waals surface area contributed by atoms with Crippen molar-refractivity contribution in [1.82, 2.24) is 15.6 Å². The molecule has 0 radical (unpaired) electrons. The zero-order chi connectivity index (χ0) is 24.3. The van der Waals surface area contributed by atoms with E-state index in [2.05, 4.69) is 54.1 Å². The summed E-state index contributed by atoms with van der Waals surface area (Å²) in [6.45, 7) is 5.33. The molecular weight excluding hydrogens is 464 g/mol. The zero-order valence-electron chi connectivity index (χ0n) is 19.9. The number of nitrogens with one attached hydrogen (secondary N) is 3. The second kappa shape index (κ2) is 13.2. The Bertz CT molecular complexity index is 1080. The highest BCUT2D eigenvalue weighted by Crippen LogP contribution is 2.30. The lowest BCUT2D eigenvalue weighted by Gasteiger charge is -2.15. The molecule has 0 saturated carbocycles. The summed E-state index contributed by atoms with van der Waals surface area (Å²) < 4.78 is 4.97. The van der Waals surface area contributed by atoms with E-state index in [4.69, 9.17) is 21.9 Å². The molecule has 0 spiro atoms. The second-order valence-corrected chi connectivity index (χ2v) is 9.37. The monoisotopic (exact) mass is 496 g/mol. The van der Waals surface area contributed by atoms with E-state index in [1.807, 2.05) is 29.6 Å². The number of anilines is 1. The van der Waals surface area contributed by atoms with Crippen molar-refractivity contribution in [2.75, 3.05) is 25.7 Å². The quantitative estimate of drug-likeness (QED) is 0.233. The average molecular weight is 497 g/mol. The Labute approximate surface area is 211 Å². The van der Waals surface area contributed by atoms with Crippen LogP contribution in [0.3, 0.4) is 0 Å². The third-order valence-corrected chi connectivity index (χ3v) is 6.73. The van der Waals surface area contributed by atoms with Gasteiger partial charge in [0.15, 0.2) is 5.11 Å². The van der Waals surface area contributed by atoms with E-state index >= 15 is 0 Å². The molecule has 0 bridgehead atoms. The number of methoxy groups -OCH3 is 1. The number of amides is 1. The van der Waals surface area contributed by atoms with E-state index < -0.39 is 0 Å². The van der Waals surface area contributed by atoms with Crippen molar-refractivity contribution in [1.29, 1.82) is 0 Å². The van der Waals surface area contributed by atoms with Gasteiger partial charge < -0.3 is 20.7 Å². The van der Waals surface area contributed by atoms with Crippen LogP contribution in [0.1, 0.15) is 53.2 Å². The Balaban J connectivity index is 1.66.